The van der Waals surface area contributed by atoms with Crippen molar-refractivity contribution in [3.63, 3.8) is 0 Å². The molecule has 0 fully saturated rings. The van der Waals surface area contributed by atoms with Crippen molar-refractivity contribution in [3.8, 4) is 5.75 Å². The Bertz CT molecular complexity index is 385. The third kappa shape index (κ3) is 4.44. The maximum absolute atomic E-state index is 10.8. The molecule has 17 heavy (non-hydrogen) atoms. The van der Waals surface area contributed by atoms with Crippen LogP contribution in [0.3, 0.4) is 0 Å². The van der Waals surface area contributed by atoms with Crippen molar-refractivity contribution in [1.82, 2.24) is 0 Å². The summed E-state index contributed by atoms with van der Waals surface area (Å²) in [6, 6.07) is 6.46. The lowest BCUT2D eigenvalue weighted by Crippen LogP contribution is -2.25. The topological polar surface area (TPSA) is 55.8 Å². The lowest BCUT2D eigenvalue weighted by Gasteiger charge is -2.22. The summed E-state index contributed by atoms with van der Waals surface area (Å²) in [7, 11) is 1.66. The van der Waals surface area contributed by atoms with Gasteiger partial charge in [0.2, 0.25) is 0 Å². The molecular weight excluding hydrogens is 220 g/mol. The Morgan fingerprint density at radius 3 is 2.71 bits per heavy atom. The zero-order chi connectivity index (χ0) is 12.9. The highest BCUT2D eigenvalue weighted by Gasteiger charge is 2.16. The van der Waals surface area contributed by atoms with Crippen LogP contribution in [0.15, 0.2) is 24.3 Å². The molecule has 1 aromatic rings. The summed E-state index contributed by atoms with van der Waals surface area (Å²) in [6.07, 6.45) is 0.737. The molecule has 0 amide bonds. The first-order valence-electron chi connectivity index (χ1n) is 5.46. The van der Waals surface area contributed by atoms with Crippen LogP contribution in [-0.2, 0) is 4.74 Å². The van der Waals surface area contributed by atoms with Crippen molar-refractivity contribution in [1.29, 1.82) is 0 Å². The number of hydrogen-bond donors (Lipinski definition) is 1. The fourth-order valence-corrected chi connectivity index (χ4v) is 1.24. The molecule has 0 spiro atoms. The first kappa shape index (κ1) is 13.5. The summed E-state index contributed by atoms with van der Waals surface area (Å²) in [5.41, 5.74) is -0.00164. The van der Waals surface area contributed by atoms with Gasteiger partial charge in [0, 0.05) is 13.5 Å². The number of aromatic carboxylic acids is 1. The maximum atomic E-state index is 10.8. The van der Waals surface area contributed by atoms with Crippen LogP contribution in [0.25, 0.3) is 0 Å². The van der Waals surface area contributed by atoms with Gasteiger partial charge in [0.15, 0.2) is 0 Å². The Balaban J connectivity index is 2.52. The highest BCUT2D eigenvalue weighted by Crippen LogP contribution is 2.17. The summed E-state index contributed by atoms with van der Waals surface area (Å²) in [5, 5.41) is 8.83. The predicted octanol–water partition coefficient (Wildman–Crippen LogP) is 2.58. The van der Waals surface area contributed by atoms with Crippen molar-refractivity contribution in [2.45, 2.75) is 25.9 Å². The summed E-state index contributed by atoms with van der Waals surface area (Å²) in [6.45, 7) is 4.44. The fraction of sp³-hybridized carbons (Fsp3) is 0.462. The molecule has 0 aliphatic heterocycles. The van der Waals surface area contributed by atoms with Crippen molar-refractivity contribution in [2.24, 2.45) is 0 Å². The third-order valence-electron chi connectivity index (χ3n) is 2.61. The molecule has 0 saturated carbocycles. The molecule has 0 saturated heterocycles. The van der Waals surface area contributed by atoms with Gasteiger partial charge in [-0.1, -0.05) is 6.07 Å². The number of carbonyl (C=O) groups is 1. The molecule has 0 aromatic heterocycles. The molecule has 0 heterocycles. The Labute approximate surface area is 101 Å². The van der Waals surface area contributed by atoms with E-state index in [0.29, 0.717) is 12.4 Å². The molecule has 0 aliphatic rings. The second-order valence-electron chi connectivity index (χ2n) is 4.40. The highest BCUT2D eigenvalue weighted by molar-refractivity contribution is 5.87. The van der Waals surface area contributed by atoms with Gasteiger partial charge < -0.3 is 14.6 Å². The highest BCUT2D eigenvalue weighted by atomic mass is 16.5. The van der Waals surface area contributed by atoms with Gasteiger partial charge in [-0.3, -0.25) is 0 Å². The summed E-state index contributed by atoms with van der Waals surface area (Å²) < 4.78 is 10.8. The van der Waals surface area contributed by atoms with Gasteiger partial charge in [-0.2, -0.15) is 0 Å². The van der Waals surface area contributed by atoms with Gasteiger partial charge in [-0.25, -0.2) is 4.79 Å². The van der Waals surface area contributed by atoms with E-state index in [1.807, 2.05) is 13.8 Å². The van der Waals surface area contributed by atoms with E-state index in [1.165, 1.54) is 12.1 Å². The van der Waals surface area contributed by atoms with Crippen LogP contribution in [0.5, 0.6) is 5.75 Å². The first-order valence-corrected chi connectivity index (χ1v) is 5.46. The molecular formula is C13H18O4. The molecule has 1 rings (SSSR count). The number of rotatable bonds is 6. The average Bonchev–Trinajstić information content (AvgIpc) is 2.29. The normalized spacial score (nSPS) is 11.2. The van der Waals surface area contributed by atoms with E-state index in [4.69, 9.17) is 14.6 Å². The monoisotopic (exact) mass is 238 g/mol. The van der Waals surface area contributed by atoms with E-state index in [0.717, 1.165) is 6.42 Å². The molecule has 0 bridgehead atoms. The number of methoxy groups -OCH3 is 1. The van der Waals surface area contributed by atoms with Crippen LogP contribution in [-0.4, -0.2) is 30.4 Å². The molecule has 4 heteroatoms. The Hall–Kier alpha value is -1.55. The first-order chi connectivity index (χ1) is 7.94. The quantitative estimate of drug-likeness (QED) is 0.827. The largest absolute Gasteiger partial charge is 0.493 e. The number of carboxylic acid groups (broad SMARTS) is 1. The van der Waals surface area contributed by atoms with Crippen LogP contribution in [0.2, 0.25) is 0 Å². The zero-order valence-electron chi connectivity index (χ0n) is 10.4. The molecule has 0 unspecified atom stereocenters. The van der Waals surface area contributed by atoms with Crippen molar-refractivity contribution in [2.75, 3.05) is 13.7 Å². The second-order valence-corrected chi connectivity index (χ2v) is 4.40. The zero-order valence-corrected chi connectivity index (χ0v) is 10.4. The molecule has 0 atom stereocenters. The van der Waals surface area contributed by atoms with E-state index in [9.17, 15) is 4.79 Å². The van der Waals surface area contributed by atoms with Crippen LogP contribution in [0.1, 0.15) is 30.6 Å². The van der Waals surface area contributed by atoms with E-state index in [-0.39, 0.29) is 11.2 Å². The lowest BCUT2D eigenvalue weighted by molar-refractivity contribution is 0.00543. The number of carboxylic acids is 1. The Morgan fingerprint density at radius 1 is 1.41 bits per heavy atom. The molecule has 94 valence electrons. The van der Waals surface area contributed by atoms with E-state index in [1.54, 1.807) is 19.2 Å². The van der Waals surface area contributed by atoms with Crippen molar-refractivity contribution in [3.05, 3.63) is 29.8 Å². The average molecular weight is 238 g/mol. The fourth-order valence-electron chi connectivity index (χ4n) is 1.24. The lowest BCUT2D eigenvalue weighted by atomic mass is 10.1. The smallest absolute Gasteiger partial charge is 0.335 e. The predicted molar refractivity (Wildman–Crippen MR) is 64.6 cm³/mol. The van der Waals surface area contributed by atoms with Crippen LogP contribution in [0.4, 0.5) is 0 Å². The number of ether oxygens (including phenoxy) is 2. The minimum atomic E-state index is -0.951. The SMILES string of the molecule is COC(C)(C)CCOc1cccc(C(=O)O)c1. The van der Waals surface area contributed by atoms with Gasteiger partial charge in [0.25, 0.3) is 0 Å². The van der Waals surface area contributed by atoms with Gasteiger partial charge in [0.05, 0.1) is 17.8 Å². The van der Waals surface area contributed by atoms with Crippen LogP contribution >= 0.6 is 0 Å². The minimum absolute atomic E-state index is 0.230. The molecule has 1 aromatic carbocycles. The summed E-state index contributed by atoms with van der Waals surface area (Å²) in [4.78, 5) is 10.8. The van der Waals surface area contributed by atoms with E-state index >= 15 is 0 Å². The Kier molecular flexibility index (Phi) is 4.52. The van der Waals surface area contributed by atoms with Crippen molar-refractivity contribution >= 4 is 5.97 Å². The van der Waals surface area contributed by atoms with Gasteiger partial charge in [-0.15, -0.1) is 0 Å². The minimum Gasteiger partial charge on any atom is -0.493 e. The standard InChI is InChI=1S/C13H18O4/c1-13(2,16-3)7-8-17-11-6-4-5-10(9-11)12(14)15/h4-6,9H,7-8H2,1-3H3,(H,14,15). The maximum Gasteiger partial charge on any atom is 0.335 e. The van der Waals surface area contributed by atoms with Crippen LogP contribution < -0.4 is 4.74 Å². The molecule has 4 nitrogen and oxygen atoms in total. The van der Waals surface area contributed by atoms with Gasteiger partial charge in [0.1, 0.15) is 5.75 Å². The molecule has 1 N–H and O–H groups in total. The van der Waals surface area contributed by atoms with E-state index in [2.05, 4.69) is 0 Å². The number of hydrogen-bond acceptors (Lipinski definition) is 3. The second kappa shape index (κ2) is 5.68. The number of benzene rings is 1. The van der Waals surface area contributed by atoms with Crippen molar-refractivity contribution < 1.29 is 19.4 Å². The van der Waals surface area contributed by atoms with E-state index < -0.39 is 5.97 Å². The molecule has 0 aliphatic carbocycles. The summed E-state index contributed by atoms with van der Waals surface area (Å²) >= 11 is 0. The van der Waals surface area contributed by atoms with Gasteiger partial charge in [-0.05, 0) is 32.0 Å². The van der Waals surface area contributed by atoms with Crippen LogP contribution in [0, 0.1) is 0 Å². The Morgan fingerprint density at radius 2 is 2.12 bits per heavy atom. The molecule has 0 radical (unpaired) electrons. The summed E-state index contributed by atoms with van der Waals surface area (Å²) in [5.74, 6) is -0.385. The van der Waals surface area contributed by atoms with Gasteiger partial charge >= 0.3 is 5.97 Å². The third-order valence-corrected chi connectivity index (χ3v) is 2.61.